The molecule has 0 saturated carbocycles. The van der Waals surface area contributed by atoms with Crippen molar-refractivity contribution in [3.8, 4) is 0 Å². The number of furan rings is 1. The van der Waals surface area contributed by atoms with Crippen LogP contribution in [0.4, 0.5) is 0 Å². The van der Waals surface area contributed by atoms with Crippen LogP contribution in [0.5, 0.6) is 0 Å². The van der Waals surface area contributed by atoms with Gasteiger partial charge in [0.15, 0.2) is 0 Å². The second-order valence-corrected chi connectivity index (χ2v) is 4.91. The van der Waals surface area contributed by atoms with Gasteiger partial charge in [-0.05, 0) is 32.0 Å². The lowest BCUT2D eigenvalue weighted by atomic mass is 10.1. The minimum Gasteiger partial charge on any atom is -0.469 e. The molecule has 0 spiro atoms. The molecule has 0 saturated heterocycles. The van der Waals surface area contributed by atoms with Crippen molar-refractivity contribution in [2.24, 2.45) is 0 Å². The SMILES string of the molecule is CCCCCCCCNC(C)Cc1ccco1. The molecular formula is C15H27NO. The van der Waals surface area contributed by atoms with Gasteiger partial charge in [0.2, 0.25) is 0 Å². The van der Waals surface area contributed by atoms with Gasteiger partial charge < -0.3 is 9.73 Å². The maximum atomic E-state index is 5.34. The monoisotopic (exact) mass is 237 g/mol. The van der Waals surface area contributed by atoms with E-state index in [0.717, 1.165) is 18.7 Å². The van der Waals surface area contributed by atoms with Gasteiger partial charge in [-0.25, -0.2) is 0 Å². The molecule has 1 heterocycles. The highest BCUT2D eigenvalue weighted by atomic mass is 16.3. The number of rotatable bonds is 10. The molecule has 98 valence electrons. The summed E-state index contributed by atoms with van der Waals surface area (Å²) < 4.78 is 5.34. The van der Waals surface area contributed by atoms with Gasteiger partial charge in [0.25, 0.3) is 0 Å². The lowest BCUT2D eigenvalue weighted by molar-refractivity contribution is 0.450. The van der Waals surface area contributed by atoms with Gasteiger partial charge >= 0.3 is 0 Å². The van der Waals surface area contributed by atoms with Crippen LogP contribution in [0.1, 0.15) is 58.1 Å². The van der Waals surface area contributed by atoms with Crippen molar-refractivity contribution in [2.45, 2.75) is 64.8 Å². The quantitative estimate of drug-likeness (QED) is 0.618. The average Bonchev–Trinajstić information content (AvgIpc) is 2.80. The summed E-state index contributed by atoms with van der Waals surface area (Å²) in [4.78, 5) is 0. The van der Waals surface area contributed by atoms with Crippen molar-refractivity contribution >= 4 is 0 Å². The molecule has 2 nitrogen and oxygen atoms in total. The lowest BCUT2D eigenvalue weighted by Gasteiger charge is -2.12. The summed E-state index contributed by atoms with van der Waals surface area (Å²) in [5, 5.41) is 3.55. The number of hydrogen-bond acceptors (Lipinski definition) is 2. The van der Waals surface area contributed by atoms with Gasteiger partial charge in [-0.3, -0.25) is 0 Å². The van der Waals surface area contributed by atoms with E-state index < -0.39 is 0 Å². The fraction of sp³-hybridized carbons (Fsp3) is 0.733. The smallest absolute Gasteiger partial charge is 0.105 e. The Kier molecular flexibility index (Phi) is 7.81. The topological polar surface area (TPSA) is 25.2 Å². The predicted molar refractivity (Wildman–Crippen MR) is 73.3 cm³/mol. The van der Waals surface area contributed by atoms with Crippen LogP contribution < -0.4 is 5.32 Å². The van der Waals surface area contributed by atoms with E-state index in [2.05, 4.69) is 19.2 Å². The third kappa shape index (κ3) is 7.22. The molecule has 1 aromatic rings. The first-order valence-corrected chi connectivity index (χ1v) is 7.08. The van der Waals surface area contributed by atoms with Crippen LogP contribution in [0, 0.1) is 0 Å². The Morgan fingerprint density at radius 3 is 2.65 bits per heavy atom. The highest BCUT2D eigenvalue weighted by Crippen LogP contribution is 2.06. The van der Waals surface area contributed by atoms with E-state index in [1.807, 2.05) is 12.1 Å². The Morgan fingerprint density at radius 1 is 1.18 bits per heavy atom. The molecule has 0 aromatic carbocycles. The van der Waals surface area contributed by atoms with E-state index in [-0.39, 0.29) is 0 Å². The van der Waals surface area contributed by atoms with Gasteiger partial charge in [0.05, 0.1) is 6.26 Å². The predicted octanol–water partition coefficient (Wildman–Crippen LogP) is 4.16. The molecule has 17 heavy (non-hydrogen) atoms. The zero-order valence-corrected chi connectivity index (χ0v) is 11.4. The van der Waals surface area contributed by atoms with E-state index in [9.17, 15) is 0 Å². The number of nitrogens with one attached hydrogen (secondary N) is 1. The number of unbranched alkanes of at least 4 members (excludes halogenated alkanes) is 5. The molecule has 0 radical (unpaired) electrons. The molecule has 2 heteroatoms. The van der Waals surface area contributed by atoms with Gasteiger partial charge in [-0.1, -0.05) is 39.0 Å². The van der Waals surface area contributed by atoms with Gasteiger partial charge in [-0.15, -0.1) is 0 Å². The van der Waals surface area contributed by atoms with E-state index in [4.69, 9.17) is 4.42 Å². The molecule has 1 rings (SSSR count). The summed E-state index contributed by atoms with van der Waals surface area (Å²) in [6.07, 6.45) is 10.9. The molecule has 1 unspecified atom stereocenters. The molecule has 0 aliphatic carbocycles. The fourth-order valence-electron chi connectivity index (χ4n) is 2.06. The second-order valence-electron chi connectivity index (χ2n) is 4.91. The molecule has 0 aliphatic heterocycles. The maximum Gasteiger partial charge on any atom is 0.105 e. The van der Waals surface area contributed by atoms with Crippen molar-refractivity contribution in [3.05, 3.63) is 24.2 Å². The minimum absolute atomic E-state index is 0.511. The molecule has 1 aromatic heterocycles. The fourth-order valence-corrected chi connectivity index (χ4v) is 2.06. The van der Waals surface area contributed by atoms with E-state index >= 15 is 0 Å². The van der Waals surface area contributed by atoms with Gasteiger partial charge in [-0.2, -0.15) is 0 Å². The molecule has 0 amide bonds. The normalized spacial score (nSPS) is 12.8. The van der Waals surface area contributed by atoms with E-state index in [1.54, 1.807) is 6.26 Å². The lowest BCUT2D eigenvalue weighted by Crippen LogP contribution is -2.28. The van der Waals surface area contributed by atoms with Crippen LogP contribution >= 0.6 is 0 Å². The third-order valence-electron chi connectivity index (χ3n) is 3.11. The zero-order chi connectivity index (χ0) is 12.3. The van der Waals surface area contributed by atoms with Crippen molar-refractivity contribution in [3.63, 3.8) is 0 Å². The number of hydrogen-bond donors (Lipinski definition) is 1. The van der Waals surface area contributed by atoms with Crippen LogP contribution in [-0.4, -0.2) is 12.6 Å². The first-order chi connectivity index (χ1) is 8.33. The first-order valence-electron chi connectivity index (χ1n) is 7.08. The second kappa shape index (κ2) is 9.29. The summed E-state index contributed by atoms with van der Waals surface area (Å²) in [5.74, 6) is 1.08. The van der Waals surface area contributed by atoms with Crippen LogP contribution in [0.2, 0.25) is 0 Å². The summed E-state index contributed by atoms with van der Waals surface area (Å²) >= 11 is 0. The molecule has 1 atom stereocenters. The average molecular weight is 237 g/mol. The Hall–Kier alpha value is -0.760. The van der Waals surface area contributed by atoms with Gasteiger partial charge in [0, 0.05) is 12.5 Å². The Balaban J connectivity index is 1.92. The Labute approximate surface area is 106 Å². The molecule has 0 bridgehead atoms. The van der Waals surface area contributed by atoms with Crippen molar-refractivity contribution < 1.29 is 4.42 Å². The maximum absolute atomic E-state index is 5.34. The minimum atomic E-state index is 0.511. The summed E-state index contributed by atoms with van der Waals surface area (Å²) in [6.45, 7) is 5.62. The van der Waals surface area contributed by atoms with E-state index in [1.165, 1.54) is 38.5 Å². The van der Waals surface area contributed by atoms with Crippen LogP contribution in [0.25, 0.3) is 0 Å². The van der Waals surface area contributed by atoms with Crippen molar-refractivity contribution in [1.29, 1.82) is 0 Å². The molecule has 0 fully saturated rings. The molecule has 0 aliphatic rings. The van der Waals surface area contributed by atoms with Crippen molar-refractivity contribution in [2.75, 3.05) is 6.54 Å². The van der Waals surface area contributed by atoms with Crippen LogP contribution in [-0.2, 0) is 6.42 Å². The molecule has 1 N–H and O–H groups in total. The summed E-state index contributed by atoms with van der Waals surface area (Å²) in [5.41, 5.74) is 0. The highest BCUT2D eigenvalue weighted by molar-refractivity contribution is 4.99. The largest absolute Gasteiger partial charge is 0.469 e. The van der Waals surface area contributed by atoms with Crippen LogP contribution in [0.3, 0.4) is 0 Å². The third-order valence-corrected chi connectivity index (χ3v) is 3.11. The zero-order valence-electron chi connectivity index (χ0n) is 11.4. The molecular weight excluding hydrogens is 210 g/mol. The standard InChI is InChI=1S/C15H27NO/c1-3-4-5-6-7-8-11-16-14(2)13-15-10-9-12-17-15/h9-10,12,14,16H,3-8,11,13H2,1-2H3. The highest BCUT2D eigenvalue weighted by Gasteiger charge is 2.04. The summed E-state index contributed by atoms with van der Waals surface area (Å²) in [7, 11) is 0. The summed E-state index contributed by atoms with van der Waals surface area (Å²) in [6, 6.07) is 4.51. The van der Waals surface area contributed by atoms with Gasteiger partial charge in [0.1, 0.15) is 5.76 Å². The van der Waals surface area contributed by atoms with Crippen molar-refractivity contribution in [1.82, 2.24) is 5.32 Å². The van der Waals surface area contributed by atoms with E-state index in [0.29, 0.717) is 6.04 Å². The Bertz CT molecular complexity index is 256. The van der Waals surface area contributed by atoms with Crippen LogP contribution in [0.15, 0.2) is 22.8 Å². The Morgan fingerprint density at radius 2 is 1.94 bits per heavy atom. The first kappa shape index (κ1) is 14.3.